The summed E-state index contributed by atoms with van der Waals surface area (Å²) in [5.74, 6) is 0.525. The maximum atomic E-state index is 11.1. The zero-order valence-electron chi connectivity index (χ0n) is 12.7. The first kappa shape index (κ1) is 13.8. The van der Waals surface area contributed by atoms with Crippen molar-refractivity contribution in [2.75, 3.05) is 0 Å². The Balaban J connectivity index is 2.00. The monoisotopic (exact) mass is 271 g/mol. The molecule has 2 saturated carbocycles. The van der Waals surface area contributed by atoms with Crippen molar-refractivity contribution >= 4 is 11.4 Å². The van der Waals surface area contributed by atoms with Crippen LogP contribution in [0, 0.1) is 19.8 Å². The van der Waals surface area contributed by atoms with Crippen LogP contribution >= 0.6 is 0 Å². The molecule has 0 heterocycles. The van der Waals surface area contributed by atoms with Crippen LogP contribution in [-0.2, 0) is 0 Å². The molecule has 0 saturated heterocycles. The topological polar surface area (TPSA) is 32.6 Å². The third-order valence-electron chi connectivity index (χ3n) is 4.79. The van der Waals surface area contributed by atoms with Crippen molar-refractivity contribution in [3.8, 4) is 0 Å². The molecule has 2 fully saturated rings. The number of hydrogen-bond donors (Lipinski definition) is 1. The van der Waals surface area contributed by atoms with Gasteiger partial charge in [0, 0.05) is 5.92 Å². The highest BCUT2D eigenvalue weighted by Crippen LogP contribution is 2.42. The maximum Gasteiger partial charge on any atom is 0.103 e. The molecular weight excluding hydrogens is 246 g/mol. The molecule has 0 unspecified atom stereocenters. The van der Waals surface area contributed by atoms with E-state index in [2.05, 4.69) is 32.0 Å². The molecule has 0 aliphatic heterocycles. The van der Waals surface area contributed by atoms with Gasteiger partial charge in [-0.2, -0.15) is 0 Å². The summed E-state index contributed by atoms with van der Waals surface area (Å²) in [7, 11) is 0. The predicted octanol–water partition coefficient (Wildman–Crippen LogP) is 4.48. The fourth-order valence-corrected chi connectivity index (χ4v) is 3.43. The van der Waals surface area contributed by atoms with Crippen molar-refractivity contribution in [3.05, 3.63) is 29.3 Å². The molecule has 2 aliphatic carbocycles. The van der Waals surface area contributed by atoms with Crippen molar-refractivity contribution in [1.82, 2.24) is 0 Å². The van der Waals surface area contributed by atoms with Gasteiger partial charge in [0.05, 0.1) is 11.4 Å². The molecule has 1 aromatic carbocycles. The zero-order valence-corrected chi connectivity index (χ0v) is 12.7. The molecule has 108 valence electrons. The minimum atomic E-state index is -0.631. The Morgan fingerprint density at radius 2 is 1.70 bits per heavy atom. The number of aryl methyl sites for hydroxylation is 2. The SMILES string of the molecule is Cc1cccc(C)c1N=C(C1CC1)C1(O)CCCCC1. The molecule has 0 spiro atoms. The Kier molecular flexibility index (Phi) is 3.68. The number of para-hydroxylation sites is 1. The fraction of sp³-hybridized carbons (Fsp3) is 0.611. The van der Waals surface area contributed by atoms with E-state index in [9.17, 15) is 5.11 Å². The van der Waals surface area contributed by atoms with Gasteiger partial charge in [0.2, 0.25) is 0 Å². The Morgan fingerprint density at radius 3 is 2.25 bits per heavy atom. The number of nitrogens with zero attached hydrogens (tertiary/aromatic N) is 1. The highest BCUT2D eigenvalue weighted by molar-refractivity contribution is 5.98. The van der Waals surface area contributed by atoms with E-state index in [1.165, 1.54) is 30.4 Å². The van der Waals surface area contributed by atoms with Crippen LogP contribution in [0.1, 0.15) is 56.1 Å². The molecular formula is C18H25NO. The van der Waals surface area contributed by atoms with Gasteiger partial charge in [-0.15, -0.1) is 0 Å². The van der Waals surface area contributed by atoms with Gasteiger partial charge in [-0.3, -0.25) is 4.99 Å². The van der Waals surface area contributed by atoms with Crippen molar-refractivity contribution in [2.45, 2.75) is 64.4 Å². The van der Waals surface area contributed by atoms with Crippen LogP contribution in [-0.4, -0.2) is 16.4 Å². The van der Waals surface area contributed by atoms with Gasteiger partial charge in [0.25, 0.3) is 0 Å². The molecule has 0 radical (unpaired) electrons. The fourth-order valence-electron chi connectivity index (χ4n) is 3.43. The molecule has 1 aromatic rings. The molecule has 0 bridgehead atoms. The van der Waals surface area contributed by atoms with Crippen LogP contribution < -0.4 is 0 Å². The lowest BCUT2D eigenvalue weighted by Gasteiger charge is -2.34. The summed E-state index contributed by atoms with van der Waals surface area (Å²) in [6, 6.07) is 6.30. The Labute approximate surface area is 121 Å². The van der Waals surface area contributed by atoms with E-state index in [0.717, 1.165) is 37.1 Å². The Hall–Kier alpha value is -1.15. The second-order valence-corrected chi connectivity index (χ2v) is 6.60. The van der Waals surface area contributed by atoms with Crippen molar-refractivity contribution in [2.24, 2.45) is 10.9 Å². The van der Waals surface area contributed by atoms with E-state index in [1.54, 1.807) is 0 Å². The number of benzene rings is 1. The normalized spacial score (nSPS) is 22.9. The lowest BCUT2D eigenvalue weighted by molar-refractivity contribution is 0.0682. The van der Waals surface area contributed by atoms with E-state index in [0.29, 0.717) is 5.92 Å². The minimum absolute atomic E-state index is 0.525. The molecule has 0 atom stereocenters. The van der Waals surface area contributed by atoms with Gasteiger partial charge in [-0.1, -0.05) is 37.5 Å². The van der Waals surface area contributed by atoms with Crippen LogP contribution in [0.2, 0.25) is 0 Å². The van der Waals surface area contributed by atoms with E-state index < -0.39 is 5.60 Å². The predicted molar refractivity (Wildman–Crippen MR) is 83.8 cm³/mol. The van der Waals surface area contributed by atoms with E-state index in [1.807, 2.05) is 0 Å². The zero-order chi connectivity index (χ0) is 14.2. The van der Waals surface area contributed by atoms with E-state index in [-0.39, 0.29) is 0 Å². The first-order valence-electron chi connectivity index (χ1n) is 7.98. The summed E-state index contributed by atoms with van der Waals surface area (Å²) in [4.78, 5) is 4.98. The standard InChI is InChI=1S/C18H25NO/c1-13-7-6-8-14(2)16(13)19-17(15-9-10-15)18(20)11-4-3-5-12-18/h6-8,15,20H,3-5,9-12H2,1-2H3. The smallest absolute Gasteiger partial charge is 0.103 e. The van der Waals surface area contributed by atoms with Crippen molar-refractivity contribution < 1.29 is 5.11 Å². The average Bonchev–Trinajstić information content (AvgIpc) is 3.23. The van der Waals surface area contributed by atoms with Crippen LogP contribution in [0.4, 0.5) is 5.69 Å². The lowest BCUT2D eigenvalue weighted by Crippen LogP contribution is -2.41. The first-order chi connectivity index (χ1) is 9.60. The van der Waals surface area contributed by atoms with Gasteiger partial charge >= 0.3 is 0 Å². The maximum absolute atomic E-state index is 11.1. The number of aliphatic imine (C=N–C) groups is 1. The quantitative estimate of drug-likeness (QED) is 0.808. The van der Waals surface area contributed by atoms with Crippen LogP contribution in [0.15, 0.2) is 23.2 Å². The van der Waals surface area contributed by atoms with Crippen molar-refractivity contribution in [3.63, 3.8) is 0 Å². The minimum Gasteiger partial charge on any atom is -0.384 e. The van der Waals surface area contributed by atoms with E-state index in [4.69, 9.17) is 4.99 Å². The second-order valence-electron chi connectivity index (χ2n) is 6.60. The van der Waals surface area contributed by atoms with E-state index >= 15 is 0 Å². The summed E-state index contributed by atoms with van der Waals surface area (Å²) < 4.78 is 0. The third-order valence-corrected chi connectivity index (χ3v) is 4.79. The average molecular weight is 271 g/mol. The summed E-state index contributed by atoms with van der Waals surface area (Å²) in [6.07, 6.45) is 7.71. The lowest BCUT2D eigenvalue weighted by atomic mass is 9.79. The van der Waals surface area contributed by atoms with Crippen LogP contribution in [0.25, 0.3) is 0 Å². The third kappa shape index (κ3) is 2.67. The number of rotatable bonds is 3. The molecule has 1 N–H and O–H groups in total. The van der Waals surface area contributed by atoms with Crippen LogP contribution in [0.5, 0.6) is 0 Å². The highest BCUT2D eigenvalue weighted by atomic mass is 16.3. The largest absolute Gasteiger partial charge is 0.384 e. The van der Waals surface area contributed by atoms with Crippen LogP contribution in [0.3, 0.4) is 0 Å². The summed E-state index contributed by atoms with van der Waals surface area (Å²) in [6.45, 7) is 4.22. The molecule has 2 aliphatic rings. The summed E-state index contributed by atoms with van der Waals surface area (Å²) in [5, 5.41) is 11.1. The Morgan fingerprint density at radius 1 is 1.10 bits per heavy atom. The molecule has 2 nitrogen and oxygen atoms in total. The molecule has 3 rings (SSSR count). The number of hydrogen-bond acceptors (Lipinski definition) is 2. The van der Waals surface area contributed by atoms with Gasteiger partial charge in [-0.25, -0.2) is 0 Å². The first-order valence-corrected chi connectivity index (χ1v) is 7.98. The summed E-state index contributed by atoms with van der Waals surface area (Å²) in [5.41, 5.74) is 3.95. The van der Waals surface area contributed by atoms with Crippen molar-refractivity contribution in [1.29, 1.82) is 0 Å². The molecule has 20 heavy (non-hydrogen) atoms. The number of aliphatic hydroxyl groups is 1. The van der Waals surface area contributed by atoms with Gasteiger partial charge in [-0.05, 0) is 50.7 Å². The highest BCUT2D eigenvalue weighted by Gasteiger charge is 2.42. The molecule has 0 amide bonds. The Bertz CT molecular complexity index is 502. The second kappa shape index (κ2) is 5.33. The summed E-state index contributed by atoms with van der Waals surface area (Å²) >= 11 is 0. The van der Waals surface area contributed by atoms with Gasteiger partial charge in [0.15, 0.2) is 0 Å². The molecule has 0 aromatic heterocycles. The molecule has 2 heteroatoms. The van der Waals surface area contributed by atoms with Gasteiger partial charge < -0.3 is 5.11 Å². The van der Waals surface area contributed by atoms with Gasteiger partial charge in [0.1, 0.15) is 5.60 Å².